The van der Waals surface area contributed by atoms with Gasteiger partial charge in [-0.2, -0.15) is 13.2 Å². The van der Waals surface area contributed by atoms with E-state index in [1.54, 1.807) is 24.3 Å². The number of ether oxygens (including phenoxy) is 1. The Labute approximate surface area is 131 Å². The Hall–Kier alpha value is -2.25. The van der Waals surface area contributed by atoms with Gasteiger partial charge >= 0.3 is 12.1 Å². The fraction of sp³-hybridized carbons (Fsp3) is 0.467. The molecule has 2 amide bonds. The second kappa shape index (κ2) is 7.34. The molecule has 1 aliphatic rings. The highest BCUT2D eigenvalue weighted by molar-refractivity contribution is 5.82. The smallest absolute Gasteiger partial charge is 0.471 e. The standard InChI is InChI=1S/C15H17F3N2O3/c16-15(17,18)14(22)20-8-6-11(7-9-20)19-13(21)10-23-12-4-2-1-3-5-12/h1-5,11H,6-10H2,(H,19,21). The van der Waals surface area contributed by atoms with E-state index >= 15 is 0 Å². The number of nitrogens with one attached hydrogen (secondary N) is 1. The van der Waals surface area contributed by atoms with E-state index in [0.29, 0.717) is 18.6 Å². The second-order valence-electron chi connectivity index (χ2n) is 5.23. The van der Waals surface area contributed by atoms with Gasteiger partial charge in [0, 0.05) is 19.1 Å². The minimum atomic E-state index is -4.85. The maximum Gasteiger partial charge on any atom is 0.471 e. The van der Waals surface area contributed by atoms with E-state index in [4.69, 9.17) is 4.74 Å². The van der Waals surface area contributed by atoms with Crippen molar-refractivity contribution in [3.05, 3.63) is 30.3 Å². The summed E-state index contributed by atoms with van der Waals surface area (Å²) in [4.78, 5) is 23.6. The second-order valence-corrected chi connectivity index (χ2v) is 5.23. The lowest BCUT2D eigenvalue weighted by molar-refractivity contribution is -0.186. The van der Waals surface area contributed by atoms with E-state index < -0.39 is 12.1 Å². The van der Waals surface area contributed by atoms with Gasteiger partial charge in [-0.1, -0.05) is 18.2 Å². The highest BCUT2D eigenvalue weighted by Gasteiger charge is 2.43. The molecule has 1 saturated heterocycles. The fourth-order valence-corrected chi connectivity index (χ4v) is 2.34. The molecule has 1 fully saturated rings. The summed E-state index contributed by atoms with van der Waals surface area (Å²) < 4.78 is 42.3. The summed E-state index contributed by atoms with van der Waals surface area (Å²) in [6.07, 6.45) is -4.27. The van der Waals surface area contributed by atoms with Crippen molar-refractivity contribution >= 4 is 11.8 Å². The highest BCUT2D eigenvalue weighted by Crippen LogP contribution is 2.21. The highest BCUT2D eigenvalue weighted by atomic mass is 19.4. The lowest BCUT2D eigenvalue weighted by Gasteiger charge is -2.32. The van der Waals surface area contributed by atoms with Crippen LogP contribution in [0.25, 0.3) is 0 Å². The van der Waals surface area contributed by atoms with Crippen molar-refractivity contribution < 1.29 is 27.5 Å². The average molecular weight is 330 g/mol. The zero-order valence-electron chi connectivity index (χ0n) is 12.3. The molecule has 0 atom stereocenters. The van der Waals surface area contributed by atoms with E-state index in [9.17, 15) is 22.8 Å². The molecule has 0 radical (unpaired) electrons. The minimum absolute atomic E-state index is 0.0250. The number of benzene rings is 1. The van der Waals surface area contributed by atoms with Gasteiger partial charge in [0.15, 0.2) is 6.61 Å². The van der Waals surface area contributed by atoms with Crippen LogP contribution in [0.1, 0.15) is 12.8 Å². The number of carbonyl (C=O) groups excluding carboxylic acids is 2. The molecule has 8 heteroatoms. The number of piperidine rings is 1. The number of likely N-dealkylation sites (tertiary alicyclic amines) is 1. The third-order valence-electron chi connectivity index (χ3n) is 3.50. The molecule has 0 bridgehead atoms. The Morgan fingerprint density at radius 3 is 2.35 bits per heavy atom. The van der Waals surface area contributed by atoms with E-state index in [0.717, 1.165) is 4.90 Å². The van der Waals surface area contributed by atoms with Crippen molar-refractivity contribution in [3.63, 3.8) is 0 Å². The number of hydrogen-bond donors (Lipinski definition) is 1. The molecule has 1 heterocycles. The van der Waals surface area contributed by atoms with Crippen molar-refractivity contribution in [2.24, 2.45) is 0 Å². The monoisotopic (exact) mass is 330 g/mol. The molecule has 1 N–H and O–H groups in total. The van der Waals surface area contributed by atoms with Crippen LogP contribution in [-0.4, -0.2) is 48.6 Å². The van der Waals surface area contributed by atoms with Gasteiger partial charge < -0.3 is 15.0 Å². The maximum absolute atomic E-state index is 12.3. The first-order chi connectivity index (χ1) is 10.9. The van der Waals surface area contributed by atoms with Crippen LogP contribution in [0.2, 0.25) is 0 Å². The number of nitrogens with zero attached hydrogens (tertiary/aromatic N) is 1. The molecule has 0 saturated carbocycles. The van der Waals surface area contributed by atoms with Crippen molar-refractivity contribution in [3.8, 4) is 5.75 Å². The van der Waals surface area contributed by atoms with Gasteiger partial charge in [-0.05, 0) is 25.0 Å². The number of amides is 2. The number of alkyl halides is 3. The predicted molar refractivity (Wildman–Crippen MR) is 75.7 cm³/mol. The lowest BCUT2D eigenvalue weighted by Crippen LogP contribution is -2.50. The van der Waals surface area contributed by atoms with Crippen LogP contribution in [0.3, 0.4) is 0 Å². The van der Waals surface area contributed by atoms with Crippen LogP contribution in [0.15, 0.2) is 30.3 Å². The molecule has 1 aliphatic heterocycles. The summed E-state index contributed by atoms with van der Waals surface area (Å²) in [7, 11) is 0. The summed E-state index contributed by atoms with van der Waals surface area (Å²) in [5.74, 6) is -1.60. The molecule has 0 spiro atoms. The number of carbonyl (C=O) groups is 2. The first-order valence-electron chi connectivity index (χ1n) is 7.19. The van der Waals surface area contributed by atoms with Crippen molar-refractivity contribution in [2.45, 2.75) is 25.1 Å². The molecule has 1 aromatic rings. The van der Waals surface area contributed by atoms with Gasteiger partial charge in [0.2, 0.25) is 0 Å². The van der Waals surface area contributed by atoms with Crippen LogP contribution >= 0.6 is 0 Å². The van der Waals surface area contributed by atoms with E-state index in [1.165, 1.54) is 0 Å². The third-order valence-corrected chi connectivity index (χ3v) is 3.50. The fourth-order valence-electron chi connectivity index (χ4n) is 2.34. The molecule has 23 heavy (non-hydrogen) atoms. The third kappa shape index (κ3) is 5.15. The Bertz CT molecular complexity index is 541. The molecule has 0 unspecified atom stereocenters. The SMILES string of the molecule is O=C(COc1ccccc1)NC1CCN(C(=O)C(F)(F)F)CC1. The Kier molecular flexibility index (Phi) is 5.46. The van der Waals surface area contributed by atoms with Crippen LogP contribution in [0, 0.1) is 0 Å². The zero-order valence-corrected chi connectivity index (χ0v) is 12.3. The van der Waals surface area contributed by atoms with E-state index in [2.05, 4.69) is 5.32 Å². The predicted octanol–water partition coefficient (Wildman–Crippen LogP) is 1.73. The molecule has 2 rings (SSSR count). The summed E-state index contributed by atoms with van der Waals surface area (Å²) in [6, 6.07) is 8.56. The zero-order chi connectivity index (χ0) is 16.9. The normalized spacial score (nSPS) is 16.0. The largest absolute Gasteiger partial charge is 0.484 e. The van der Waals surface area contributed by atoms with Crippen LogP contribution in [-0.2, 0) is 9.59 Å². The first kappa shape index (κ1) is 17.1. The molecule has 5 nitrogen and oxygen atoms in total. The van der Waals surface area contributed by atoms with Gasteiger partial charge in [0.1, 0.15) is 5.75 Å². The van der Waals surface area contributed by atoms with Crippen molar-refractivity contribution in [1.82, 2.24) is 10.2 Å². The Morgan fingerprint density at radius 1 is 1.17 bits per heavy atom. The molecule has 126 valence electrons. The molecule has 0 aromatic heterocycles. The van der Waals surface area contributed by atoms with Crippen molar-refractivity contribution in [2.75, 3.05) is 19.7 Å². The molecular weight excluding hydrogens is 313 g/mol. The summed E-state index contributed by atoms with van der Waals surface area (Å²) >= 11 is 0. The van der Waals surface area contributed by atoms with Gasteiger partial charge in [-0.25, -0.2) is 0 Å². The number of rotatable bonds is 4. The average Bonchev–Trinajstić information content (AvgIpc) is 2.53. The van der Waals surface area contributed by atoms with Crippen LogP contribution in [0.4, 0.5) is 13.2 Å². The first-order valence-corrected chi connectivity index (χ1v) is 7.19. The number of para-hydroxylation sites is 1. The van der Waals surface area contributed by atoms with Crippen LogP contribution < -0.4 is 10.1 Å². The van der Waals surface area contributed by atoms with Gasteiger partial charge in [0.25, 0.3) is 5.91 Å². The van der Waals surface area contributed by atoms with Crippen LogP contribution in [0.5, 0.6) is 5.75 Å². The van der Waals surface area contributed by atoms with Gasteiger partial charge in [-0.15, -0.1) is 0 Å². The molecule has 0 aliphatic carbocycles. The van der Waals surface area contributed by atoms with E-state index in [-0.39, 0.29) is 31.6 Å². The Balaban J connectivity index is 1.72. The number of hydrogen-bond acceptors (Lipinski definition) is 3. The number of halogens is 3. The minimum Gasteiger partial charge on any atom is -0.484 e. The van der Waals surface area contributed by atoms with Crippen molar-refractivity contribution in [1.29, 1.82) is 0 Å². The lowest BCUT2D eigenvalue weighted by atomic mass is 10.0. The maximum atomic E-state index is 12.3. The Morgan fingerprint density at radius 2 is 1.78 bits per heavy atom. The quantitative estimate of drug-likeness (QED) is 0.915. The molecule has 1 aromatic carbocycles. The van der Waals surface area contributed by atoms with Gasteiger partial charge in [-0.3, -0.25) is 9.59 Å². The van der Waals surface area contributed by atoms with E-state index in [1.807, 2.05) is 6.07 Å². The molecular formula is C15H17F3N2O3. The topological polar surface area (TPSA) is 58.6 Å². The summed E-state index contributed by atoms with van der Waals surface area (Å²) in [5.41, 5.74) is 0. The summed E-state index contributed by atoms with van der Waals surface area (Å²) in [6.45, 7) is -0.211. The van der Waals surface area contributed by atoms with Gasteiger partial charge in [0.05, 0.1) is 0 Å². The summed E-state index contributed by atoms with van der Waals surface area (Å²) in [5, 5.41) is 2.70.